The van der Waals surface area contributed by atoms with Gasteiger partial charge in [-0.1, -0.05) is 37.3 Å². The Balaban J connectivity index is 1.59. The Hall–Kier alpha value is -4.13. The average molecular weight is 428 g/mol. The molecule has 7 heteroatoms. The van der Waals surface area contributed by atoms with Crippen LogP contribution < -0.4 is 14.9 Å². The third-order valence-electron chi connectivity index (χ3n) is 4.64. The van der Waals surface area contributed by atoms with Crippen LogP contribution in [0.5, 0.6) is 11.5 Å². The molecule has 2 N–H and O–H groups in total. The SMILES string of the molecule is CCCOc1ccc(/C=N/NC(=Nc2ccccc2)c2nc3ccccc3[nH]2)cc1OC. The standard InChI is InChI=1S/C25H25N5O2/c1-3-15-32-22-14-13-18(16-23(22)31-2)17-26-30-25(27-19-9-5-4-6-10-19)24-28-20-11-7-8-12-21(20)29-24/h4-14,16-17H,3,15H2,1-2H3,(H,27,30)(H,28,29)/b26-17+. The van der Waals surface area contributed by atoms with Crippen LogP contribution in [0.4, 0.5) is 5.69 Å². The summed E-state index contributed by atoms with van der Waals surface area (Å²) in [7, 11) is 1.62. The maximum Gasteiger partial charge on any atom is 0.190 e. The van der Waals surface area contributed by atoms with E-state index in [1.54, 1.807) is 13.3 Å². The lowest BCUT2D eigenvalue weighted by atomic mass is 10.2. The van der Waals surface area contributed by atoms with Gasteiger partial charge in [-0.25, -0.2) is 9.98 Å². The molecule has 0 aliphatic heterocycles. The summed E-state index contributed by atoms with van der Waals surface area (Å²) in [5.41, 5.74) is 6.49. The first kappa shape index (κ1) is 21.1. The monoisotopic (exact) mass is 427 g/mol. The number of para-hydroxylation sites is 3. The fraction of sp³-hybridized carbons (Fsp3) is 0.160. The minimum atomic E-state index is 0.513. The smallest absolute Gasteiger partial charge is 0.190 e. The Labute approximate surface area is 186 Å². The number of fused-ring (bicyclic) bond motifs is 1. The summed E-state index contributed by atoms with van der Waals surface area (Å²) in [6, 6.07) is 23.2. The van der Waals surface area contributed by atoms with E-state index < -0.39 is 0 Å². The van der Waals surface area contributed by atoms with Crippen molar-refractivity contribution in [3.8, 4) is 11.5 Å². The highest BCUT2D eigenvalue weighted by Gasteiger charge is 2.10. The van der Waals surface area contributed by atoms with Gasteiger partial charge in [0.15, 0.2) is 23.2 Å². The van der Waals surface area contributed by atoms with Gasteiger partial charge >= 0.3 is 0 Å². The van der Waals surface area contributed by atoms with Crippen molar-refractivity contribution in [1.29, 1.82) is 0 Å². The number of aromatic nitrogens is 2. The van der Waals surface area contributed by atoms with Crippen molar-refractivity contribution in [1.82, 2.24) is 15.4 Å². The topological polar surface area (TPSA) is 83.9 Å². The fourth-order valence-corrected chi connectivity index (χ4v) is 3.09. The molecule has 0 radical (unpaired) electrons. The van der Waals surface area contributed by atoms with Gasteiger partial charge in [-0.2, -0.15) is 5.10 Å². The first-order chi connectivity index (χ1) is 15.8. The van der Waals surface area contributed by atoms with Crippen LogP contribution in [0.1, 0.15) is 24.7 Å². The highest BCUT2D eigenvalue weighted by atomic mass is 16.5. The zero-order valence-electron chi connectivity index (χ0n) is 18.1. The van der Waals surface area contributed by atoms with E-state index in [1.807, 2.05) is 72.8 Å². The highest BCUT2D eigenvalue weighted by Crippen LogP contribution is 2.27. The highest BCUT2D eigenvalue weighted by molar-refractivity contribution is 6.00. The van der Waals surface area contributed by atoms with Crippen LogP contribution >= 0.6 is 0 Å². The Morgan fingerprint density at radius 3 is 2.62 bits per heavy atom. The van der Waals surface area contributed by atoms with Crippen LogP contribution in [0.3, 0.4) is 0 Å². The number of H-pyrrole nitrogens is 1. The van der Waals surface area contributed by atoms with Crippen molar-refractivity contribution < 1.29 is 9.47 Å². The van der Waals surface area contributed by atoms with Crippen LogP contribution in [-0.4, -0.2) is 35.7 Å². The van der Waals surface area contributed by atoms with Crippen molar-refractivity contribution in [2.75, 3.05) is 13.7 Å². The minimum absolute atomic E-state index is 0.513. The summed E-state index contributed by atoms with van der Waals surface area (Å²) < 4.78 is 11.2. The number of hydrogen-bond acceptors (Lipinski definition) is 5. The number of amidine groups is 1. The Morgan fingerprint density at radius 2 is 1.84 bits per heavy atom. The number of nitrogens with zero attached hydrogens (tertiary/aromatic N) is 3. The molecule has 0 saturated carbocycles. The molecule has 0 amide bonds. The van der Waals surface area contributed by atoms with Gasteiger partial charge in [0, 0.05) is 0 Å². The molecule has 0 bridgehead atoms. The predicted molar refractivity (Wildman–Crippen MR) is 128 cm³/mol. The normalized spacial score (nSPS) is 11.8. The van der Waals surface area contributed by atoms with E-state index in [0.29, 0.717) is 29.8 Å². The maximum atomic E-state index is 5.71. The van der Waals surface area contributed by atoms with Crippen LogP contribution in [0.2, 0.25) is 0 Å². The fourth-order valence-electron chi connectivity index (χ4n) is 3.09. The first-order valence-corrected chi connectivity index (χ1v) is 10.5. The molecule has 162 valence electrons. The summed E-state index contributed by atoms with van der Waals surface area (Å²) in [4.78, 5) is 12.6. The van der Waals surface area contributed by atoms with Gasteiger partial charge < -0.3 is 14.5 Å². The van der Waals surface area contributed by atoms with Crippen LogP contribution in [0, 0.1) is 0 Å². The van der Waals surface area contributed by atoms with Crippen molar-refractivity contribution >= 4 is 28.8 Å². The molecule has 0 spiro atoms. The van der Waals surface area contributed by atoms with E-state index in [2.05, 4.69) is 27.4 Å². The number of hydrazone groups is 1. The zero-order chi connectivity index (χ0) is 22.2. The Bertz CT molecular complexity index is 1200. The number of benzene rings is 3. The third-order valence-corrected chi connectivity index (χ3v) is 4.64. The van der Waals surface area contributed by atoms with Gasteiger partial charge in [0.25, 0.3) is 0 Å². The van der Waals surface area contributed by atoms with E-state index in [0.717, 1.165) is 28.7 Å². The Morgan fingerprint density at radius 1 is 1.03 bits per heavy atom. The van der Waals surface area contributed by atoms with E-state index in [-0.39, 0.29) is 0 Å². The van der Waals surface area contributed by atoms with E-state index in [9.17, 15) is 0 Å². The maximum absolute atomic E-state index is 5.71. The molecule has 4 rings (SSSR count). The molecule has 3 aromatic carbocycles. The summed E-state index contributed by atoms with van der Waals surface area (Å²) in [6.45, 7) is 2.71. The number of hydrogen-bond donors (Lipinski definition) is 2. The molecular weight excluding hydrogens is 402 g/mol. The third kappa shape index (κ3) is 5.13. The molecule has 32 heavy (non-hydrogen) atoms. The van der Waals surface area contributed by atoms with Gasteiger partial charge in [0.05, 0.1) is 36.7 Å². The van der Waals surface area contributed by atoms with Gasteiger partial charge in [0.2, 0.25) is 0 Å². The average Bonchev–Trinajstić information content (AvgIpc) is 3.27. The number of ether oxygens (including phenoxy) is 2. The number of nitrogens with one attached hydrogen (secondary N) is 2. The second kappa shape index (κ2) is 10.3. The van der Waals surface area contributed by atoms with Crippen LogP contribution in [0.15, 0.2) is 82.9 Å². The van der Waals surface area contributed by atoms with Crippen molar-refractivity contribution in [3.63, 3.8) is 0 Å². The van der Waals surface area contributed by atoms with Gasteiger partial charge in [-0.05, 0) is 54.4 Å². The molecule has 0 unspecified atom stereocenters. The molecule has 0 saturated heterocycles. The summed E-state index contributed by atoms with van der Waals surface area (Å²) in [5, 5.41) is 4.39. The minimum Gasteiger partial charge on any atom is -0.493 e. The largest absolute Gasteiger partial charge is 0.493 e. The molecular formula is C25H25N5O2. The first-order valence-electron chi connectivity index (χ1n) is 10.5. The van der Waals surface area contributed by atoms with Crippen molar-refractivity contribution in [2.24, 2.45) is 10.1 Å². The summed E-state index contributed by atoms with van der Waals surface area (Å²) >= 11 is 0. The van der Waals surface area contributed by atoms with E-state index >= 15 is 0 Å². The molecule has 1 aromatic heterocycles. The van der Waals surface area contributed by atoms with Crippen LogP contribution in [0.25, 0.3) is 11.0 Å². The number of methoxy groups -OCH3 is 1. The quantitative estimate of drug-likeness (QED) is 0.234. The molecule has 0 atom stereocenters. The molecule has 4 aromatic rings. The van der Waals surface area contributed by atoms with Crippen molar-refractivity contribution in [3.05, 3.63) is 84.2 Å². The van der Waals surface area contributed by atoms with E-state index in [1.165, 1.54) is 0 Å². The number of aliphatic imine (C=N–C) groups is 1. The molecule has 0 aliphatic carbocycles. The number of imidazole rings is 1. The second-order valence-corrected chi connectivity index (χ2v) is 7.03. The van der Waals surface area contributed by atoms with Gasteiger partial charge in [0.1, 0.15) is 0 Å². The summed E-state index contributed by atoms with van der Waals surface area (Å²) in [5.74, 6) is 2.50. The predicted octanol–water partition coefficient (Wildman–Crippen LogP) is 5.06. The molecule has 0 aliphatic rings. The van der Waals surface area contributed by atoms with Crippen molar-refractivity contribution in [2.45, 2.75) is 13.3 Å². The lowest BCUT2D eigenvalue weighted by Gasteiger charge is -2.10. The lowest BCUT2D eigenvalue weighted by Crippen LogP contribution is -2.20. The Kier molecular flexibility index (Phi) is 6.77. The van der Waals surface area contributed by atoms with Gasteiger partial charge in [-0.3, -0.25) is 5.43 Å². The molecule has 7 nitrogen and oxygen atoms in total. The molecule has 0 fully saturated rings. The lowest BCUT2D eigenvalue weighted by molar-refractivity contribution is 0.294. The van der Waals surface area contributed by atoms with Gasteiger partial charge in [-0.15, -0.1) is 0 Å². The summed E-state index contributed by atoms with van der Waals surface area (Å²) in [6.07, 6.45) is 2.64. The second-order valence-electron chi connectivity index (χ2n) is 7.03. The van der Waals surface area contributed by atoms with Crippen LogP contribution in [-0.2, 0) is 0 Å². The zero-order valence-corrected chi connectivity index (χ0v) is 18.1. The number of aromatic amines is 1. The molecule has 1 heterocycles. The number of rotatable bonds is 8. The van der Waals surface area contributed by atoms with E-state index in [4.69, 9.17) is 14.5 Å².